The fourth-order valence-electron chi connectivity index (χ4n) is 5.58. The van der Waals surface area contributed by atoms with Crippen LogP contribution in [0.25, 0.3) is 33.4 Å². The summed E-state index contributed by atoms with van der Waals surface area (Å²) in [4.78, 5) is 38.0. The van der Waals surface area contributed by atoms with Crippen molar-refractivity contribution in [3.8, 4) is 50.6 Å². The summed E-state index contributed by atoms with van der Waals surface area (Å²) in [6.07, 6.45) is 0. The molecule has 0 saturated heterocycles. The van der Waals surface area contributed by atoms with Crippen LogP contribution in [0.4, 0.5) is 17.1 Å². The Morgan fingerprint density at radius 1 is 0.345 bits per heavy atom. The molecule has 6 aromatic carbocycles. The Hall–Kier alpha value is -7.25. The lowest BCUT2D eigenvalue weighted by molar-refractivity contribution is -0.130. The summed E-state index contributed by atoms with van der Waals surface area (Å²) >= 11 is 0. The van der Waals surface area contributed by atoms with E-state index in [1.807, 2.05) is 36.4 Å². The highest BCUT2D eigenvalue weighted by Crippen LogP contribution is 2.38. The van der Waals surface area contributed by atoms with Gasteiger partial charge in [0, 0.05) is 33.8 Å². The van der Waals surface area contributed by atoms with Gasteiger partial charge in [0.15, 0.2) is 0 Å². The van der Waals surface area contributed by atoms with Crippen LogP contribution >= 0.6 is 0 Å². The molecule has 6 rings (SSSR count). The number of carbonyl (C=O) groups is 3. The lowest BCUT2D eigenvalue weighted by Crippen LogP contribution is -2.10. The van der Waals surface area contributed by atoms with Crippen molar-refractivity contribution in [3.05, 3.63) is 182 Å². The first kappa shape index (κ1) is 37.5. The molecular formula is C48H39NO6. The topological polar surface area (TPSA) is 82.1 Å². The Morgan fingerprint density at radius 2 is 0.527 bits per heavy atom. The molecule has 0 aliphatic rings. The van der Waals surface area contributed by atoms with E-state index in [1.54, 1.807) is 57.2 Å². The lowest BCUT2D eigenvalue weighted by atomic mass is 10.0. The Morgan fingerprint density at radius 3 is 0.709 bits per heavy atom. The Kier molecular flexibility index (Phi) is 11.3. The molecule has 0 atom stereocenters. The molecule has 0 amide bonds. The van der Waals surface area contributed by atoms with Gasteiger partial charge in [-0.15, -0.1) is 0 Å². The third-order valence-corrected chi connectivity index (χ3v) is 8.62. The van der Waals surface area contributed by atoms with Crippen LogP contribution in [0.1, 0.15) is 20.8 Å². The number of anilines is 3. The first-order chi connectivity index (χ1) is 26.4. The zero-order valence-corrected chi connectivity index (χ0v) is 30.9. The quantitative estimate of drug-likeness (QED) is 0.0705. The van der Waals surface area contributed by atoms with Crippen molar-refractivity contribution in [1.82, 2.24) is 0 Å². The molecular weight excluding hydrogens is 687 g/mol. The Bertz CT molecular complexity index is 2100. The molecule has 6 aromatic rings. The van der Waals surface area contributed by atoms with E-state index in [1.165, 1.54) is 0 Å². The van der Waals surface area contributed by atoms with Gasteiger partial charge in [0.1, 0.15) is 17.2 Å². The van der Waals surface area contributed by atoms with Crippen molar-refractivity contribution in [1.29, 1.82) is 0 Å². The lowest BCUT2D eigenvalue weighted by Gasteiger charge is -2.26. The molecule has 55 heavy (non-hydrogen) atoms. The van der Waals surface area contributed by atoms with Gasteiger partial charge in [-0.25, -0.2) is 14.4 Å². The highest BCUT2D eigenvalue weighted by atomic mass is 16.5. The summed E-state index contributed by atoms with van der Waals surface area (Å²) < 4.78 is 16.1. The van der Waals surface area contributed by atoms with Crippen molar-refractivity contribution >= 4 is 35.0 Å². The highest BCUT2D eigenvalue weighted by Gasteiger charge is 2.15. The van der Waals surface area contributed by atoms with Crippen LogP contribution in [0.15, 0.2) is 182 Å². The predicted molar refractivity (Wildman–Crippen MR) is 219 cm³/mol. The number of nitrogens with zero attached hydrogens (tertiary/aromatic N) is 1. The summed E-state index contributed by atoms with van der Waals surface area (Å²) in [5.74, 6) is -0.0193. The molecule has 0 heterocycles. The maximum atomic E-state index is 11.9. The maximum absolute atomic E-state index is 11.9. The van der Waals surface area contributed by atoms with Crippen LogP contribution in [0.5, 0.6) is 17.2 Å². The molecule has 7 nitrogen and oxygen atoms in total. The van der Waals surface area contributed by atoms with Gasteiger partial charge in [0.2, 0.25) is 0 Å². The SMILES string of the molecule is C=C(C)C(=O)Oc1ccc(-c2ccc(N(c3ccc(-c4ccc(OC(=O)C(=C)C)cc4)cc3)c3ccc(-c4ccc(OC(=O)C(=C)C)cc4)cc3)cc2)cc1. The van der Waals surface area contributed by atoms with Gasteiger partial charge in [0.25, 0.3) is 0 Å². The van der Waals surface area contributed by atoms with Crippen molar-refractivity contribution in [2.75, 3.05) is 4.90 Å². The molecule has 0 fully saturated rings. The third kappa shape index (κ3) is 9.22. The van der Waals surface area contributed by atoms with E-state index in [4.69, 9.17) is 14.2 Å². The van der Waals surface area contributed by atoms with Crippen LogP contribution in [0.2, 0.25) is 0 Å². The molecule has 0 aromatic heterocycles. The fraction of sp³-hybridized carbons (Fsp3) is 0.0625. The zero-order valence-electron chi connectivity index (χ0n) is 30.9. The van der Waals surface area contributed by atoms with Crippen LogP contribution in [-0.4, -0.2) is 17.9 Å². The molecule has 0 spiro atoms. The van der Waals surface area contributed by atoms with Gasteiger partial charge in [-0.3, -0.25) is 0 Å². The smallest absolute Gasteiger partial charge is 0.338 e. The van der Waals surface area contributed by atoms with E-state index in [-0.39, 0.29) is 0 Å². The number of hydrogen-bond donors (Lipinski definition) is 0. The van der Waals surface area contributed by atoms with Crippen LogP contribution in [0.3, 0.4) is 0 Å². The number of carbonyl (C=O) groups excluding carboxylic acids is 3. The van der Waals surface area contributed by atoms with Gasteiger partial charge >= 0.3 is 17.9 Å². The van der Waals surface area contributed by atoms with Crippen molar-refractivity contribution in [3.63, 3.8) is 0 Å². The summed E-state index contributed by atoms with van der Waals surface area (Å²) in [7, 11) is 0. The highest BCUT2D eigenvalue weighted by molar-refractivity contribution is 5.90. The summed E-state index contributed by atoms with van der Waals surface area (Å²) in [5.41, 5.74) is 9.78. The fourth-order valence-corrected chi connectivity index (χ4v) is 5.58. The Balaban J connectivity index is 1.28. The van der Waals surface area contributed by atoms with Gasteiger partial charge in [-0.05, 0) is 127 Å². The van der Waals surface area contributed by atoms with Crippen molar-refractivity contribution in [2.45, 2.75) is 20.8 Å². The molecule has 0 N–H and O–H groups in total. The first-order valence-electron chi connectivity index (χ1n) is 17.5. The normalized spacial score (nSPS) is 10.5. The van der Waals surface area contributed by atoms with Crippen LogP contribution in [0, 0.1) is 0 Å². The third-order valence-electron chi connectivity index (χ3n) is 8.62. The Labute approximate surface area is 321 Å². The minimum atomic E-state index is -0.461. The minimum Gasteiger partial charge on any atom is -0.423 e. The number of ether oxygens (including phenoxy) is 3. The second-order valence-corrected chi connectivity index (χ2v) is 13.1. The molecule has 7 heteroatoms. The average Bonchev–Trinajstić information content (AvgIpc) is 3.19. The average molecular weight is 726 g/mol. The van der Waals surface area contributed by atoms with E-state index in [0.717, 1.165) is 50.4 Å². The van der Waals surface area contributed by atoms with Crippen LogP contribution in [-0.2, 0) is 14.4 Å². The molecule has 0 unspecified atom stereocenters. The molecule has 0 aliphatic heterocycles. The number of rotatable bonds is 12. The van der Waals surface area contributed by atoms with E-state index in [2.05, 4.69) is 97.4 Å². The van der Waals surface area contributed by atoms with E-state index in [9.17, 15) is 14.4 Å². The number of benzene rings is 6. The largest absolute Gasteiger partial charge is 0.423 e. The minimum absolute atomic E-state index is 0.337. The molecule has 0 saturated carbocycles. The predicted octanol–water partition coefficient (Wildman–Crippen LogP) is 11.6. The maximum Gasteiger partial charge on any atom is 0.338 e. The van der Waals surface area contributed by atoms with E-state index >= 15 is 0 Å². The zero-order chi connectivity index (χ0) is 39.1. The van der Waals surface area contributed by atoms with E-state index < -0.39 is 17.9 Å². The van der Waals surface area contributed by atoms with Gasteiger partial charge in [-0.1, -0.05) is 92.5 Å². The van der Waals surface area contributed by atoms with Gasteiger partial charge < -0.3 is 19.1 Å². The number of hydrogen-bond acceptors (Lipinski definition) is 7. The number of esters is 3. The summed E-state index contributed by atoms with van der Waals surface area (Å²) in [6, 6.07) is 46.9. The van der Waals surface area contributed by atoms with Gasteiger partial charge in [-0.2, -0.15) is 0 Å². The van der Waals surface area contributed by atoms with Gasteiger partial charge in [0.05, 0.1) is 0 Å². The molecule has 0 aliphatic carbocycles. The van der Waals surface area contributed by atoms with Crippen molar-refractivity contribution < 1.29 is 28.6 Å². The summed E-state index contributed by atoms with van der Waals surface area (Å²) in [6.45, 7) is 15.8. The van der Waals surface area contributed by atoms with Crippen molar-refractivity contribution in [2.24, 2.45) is 0 Å². The van der Waals surface area contributed by atoms with E-state index in [0.29, 0.717) is 34.0 Å². The first-order valence-corrected chi connectivity index (χ1v) is 17.5. The molecule has 0 bridgehead atoms. The monoisotopic (exact) mass is 725 g/mol. The standard InChI is InChI=1S/C48H39NO6/c1-31(2)46(50)53-43-25-13-37(14-26-43)34-7-19-40(20-8-34)49(41-21-9-35(10-22-41)38-15-27-44(28-16-38)54-47(51)32(3)4)42-23-11-36(12-24-42)39-17-29-45(30-18-39)55-48(52)33(5)6/h7-30H,1,3,5H2,2,4,6H3. The second-order valence-electron chi connectivity index (χ2n) is 13.1. The molecule has 0 radical (unpaired) electrons. The molecule has 272 valence electrons. The summed E-state index contributed by atoms with van der Waals surface area (Å²) in [5, 5.41) is 0. The van der Waals surface area contributed by atoms with Crippen LogP contribution < -0.4 is 19.1 Å². The second kappa shape index (κ2) is 16.6.